The lowest BCUT2D eigenvalue weighted by Crippen LogP contribution is -2.03. The second kappa shape index (κ2) is 6.16. The van der Waals surface area contributed by atoms with Crippen LogP contribution in [0.15, 0.2) is 30.3 Å². The van der Waals surface area contributed by atoms with Crippen LogP contribution in [0.1, 0.15) is 17.3 Å². The molecule has 0 aliphatic carbocycles. The lowest BCUT2D eigenvalue weighted by atomic mass is 10.2. The molecule has 0 amide bonds. The van der Waals surface area contributed by atoms with Crippen LogP contribution >= 0.6 is 0 Å². The molecule has 1 aromatic carbocycles. The molecule has 0 atom stereocenters. The van der Waals surface area contributed by atoms with Crippen molar-refractivity contribution < 1.29 is 14.3 Å². The van der Waals surface area contributed by atoms with Crippen molar-refractivity contribution in [1.29, 1.82) is 0 Å². The Hall–Kier alpha value is -1.35. The molecule has 0 N–H and O–H groups in total. The second-order valence-corrected chi connectivity index (χ2v) is 2.70. The molecule has 1 aliphatic rings. The third-order valence-electron chi connectivity index (χ3n) is 1.49. The molecular weight excluding hydrogens is 180 g/mol. The minimum absolute atomic E-state index is 0.256. The summed E-state index contributed by atoms with van der Waals surface area (Å²) in [6.07, 6.45) is 0. The SMILES string of the molecule is C1CO1.CCOC(=O)c1ccccc1. The predicted molar refractivity (Wildman–Crippen MR) is 53.2 cm³/mol. The van der Waals surface area contributed by atoms with Crippen molar-refractivity contribution in [1.82, 2.24) is 0 Å². The fourth-order valence-corrected chi connectivity index (χ4v) is 0.789. The summed E-state index contributed by atoms with van der Waals surface area (Å²) in [5.41, 5.74) is 0.606. The number of carbonyl (C=O) groups is 1. The topological polar surface area (TPSA) is 38.8 Å². The van der Waals surface area contributed by atoms with E-state index in [1.807, 2.05) is 18.2 Å². The molecule has 0 saturated carbocycles. The van der Waals surface area contributed by atoms with Gasteiger partial charge in [-0.3, -0.25) is 0 Å². The first-order valence-corrected chi connectivity index (χ1v) is 4.64. The number of esters is 1. The average Bonchev–Trinajstić information content (AvgIpc) is 3.06. The number of ether oxygens (including phenoxy) is 2. The van der Waals surface area contributed by atoms with Crippen molar-refractivity contribution in [2.24, 2.45) is 0 Å². The second-order valence-electron chi connectivity index (χ2n) is 2.70. The van der Waals surface area contributed by atoms with E-state index < -0.39 is 0 Å². The van der Waals surface area contributed by atoms with Gasteiger partial charge in [-0.15, -0.1) is 0 Å². The van der Waals surface area contributed by atoms with Crippen molar-refractivity contribution in [3.05, 3.63) is 35.9 Å². The maximum absolute atomic E-state index is 11.0. The van der Waals surface area contributed by atoms with E-state index in [0.717, 1.165) is 13.2 Å². The van der Waals surface area contributed by atoms with Crippen LogP contribution in [0.4, 0.5) is 0 Å². The summed E-state index contributed by atoms with van der Waals surface area (Å²) in [6.45, 7) is 4.22. The van der Waals surface area contributed by atoms with Gasteiger partial charge >= 0.3 is 5.97 Å². The van der Waals surface area contributed by atoms with Crippen molar-refractivity contribution >= 4 is 5.97 Å². The fraction of sp³-hybridized carbons (Fsp3) is 0.364. The zero-order chi connectivity index (χ0) is 10.2. The summed E-state index contributed by atoms with van der Waals surface area (Å²) in [6, 6.07) is 8.96. The van der Waals surface area contributed by atoms with E-state index >= 15 is 0 Å². The Morgan fingerprint density at radius 2 is 1.93 bits per heavy atom. The highest BCUT2D eigenvalue weighted by Gasteiger charge is 2.02. The van der Waals surface area contributed by atoms with Crippen LogP contribution in [0.5, 0.6) is 0 Å². The van der Waals surface area contributed by atoms with Crippen LogP contribution in [-0.2, 0) is 9.47 Å². The fourth-order valence-electron chi connectivity index (χ4n) is 0.789. The first-order chi connectivity index (χ1) is 6.84. The maximum atomic E-state index is 11.0. The lowest BCUT2D eigenvalue weighted by molar-refractivity contribution is 0.0526. The van der Waals surface area contributed by atoms with E-state index in [4.69, 9.17) is 4.74 Å². The Bertz CT molecular complexity index is 264. The maximum Gasteiger partial charge on any atom is 0.338 e. The molecule has 1 fully saturated rings. The Morgan fingerprint density at radius 1 is 1.36 bits per heavy atom. The first kappa shape index (κ1) is 10.7. The molecule has 0 radical (unpaired) electrons. The number of rotatable bonds is 2. The summed E-state index contributed by atoms with van der Waals surface area (Å²) >= 11 is 0. The molecule has 0 bridgehead atoms. The Balaban J connectivity index is 0.000000276. The summed E-state index contributed by atoms with van der Waals surface area (Å²) < 4.78 is 9.29. The normalized spacial score (nSPS) is 12.4. The summed E-state index contributed by atoms with van der Waals surface area (Å²) in [7, 11) is 0. The van der Waals surface area contributed by atoms with Gasteiger partial charge in [0.2, 0.25) is 0 Å². The zero-order valence-corrected chi connectivity index (χ0v) is 8.23. The van der Waals surface area contributed by atoms with Gasteiger partial charge in [-0.2, -0.15) is 0 Å². The molecule has 14 heavy (non-hydrogen) atoms. The average molecular weight is 194 g/mol. The molecule has 1 aromatic rings. The number of hydrogen-bond acceptors (Lipinski definition) is 3. The van der Waals surface area contributed by atoms with E-state index in [2.05, 4.69) is 4.74 Å². The Morgan fingerprint density at radius 3 is 2.36 bits per heavy atom. The highest BCUT2D eigenvalue weighted by atomic mass is 16.6. The minimum Gasteiger partial charge on any atom is -0.462 e. The molecule has 1 heterocycles. The molecule has 2 rings (SSSR count). The van der Waals surface area contributed by atoms with Crippen molar-refractivity contribution in [3.63, 3.8) is 0 Å². The van der Waals surface area contributed by atoms with Gasteiger partial charge in [0.15, 0.2) is 0 Å². The van der Waals surface area contributed by atoms with Gasteiger partial charge in [0.05, 0.1) is 25.4 Å². The number of benzene rings is 1. The summed E-state index contributed by atoms with van der Waals surface area (Å²) in [5, 5.41) is 0. The van der Waals surface area contributed by atoms with E-state index in [0.29, 0.717) is 12.2 Å². The molecule has 0 spiro atoms. The lowest BCUT2D eigenvalue weighted by Gasteiger charge is -1.99. The smallest absolute Gasteiger partial charge is 0.338 e. The largest absolute Gasteiger partial charge is 0.462 e. The summed E-state index contributed by atoms with van der Waals surface area (Å²) in [4.78, 5) is 11.0. The monoisotopic (exact) mass is 194 g/mol. The summed E-state index contributed by atoms with van der Waals surface area (Å²) in [5.74, 6) is -0.256. The zero-order valence-electron chi connectivity index (χ0n) is 8.23. The third-order valence-corrected chi connectivity index (χ3v) is 1.49. The molecule has 3 nitrogen and oxygen atoms in total. The van der Waals surface area contributed by atoms with Crippen LogP contribution in [0.25, 0.3) is 0 Å². The van der Waals surface area contributed by atoms with Gasteiger partial charge in [-0.25, -0.2) is 4.79 Å². The standard InChI is InChI=1S/C9H10O2.C2H4O/c1-2-11-9(10)8-6-4-3-5-7-8;1-2-3-1/h3-7H,2H2,1H3;1-2H2. The van der Waals surface area contributed by atoms with Gasteiger partial charge in [0.1, 0.15) is 0 Å². The first-order valence-electron chi connectivity index (χ1n) is 4.64. The van der Waals surface area contributed by atoms with E-state index in [1.54, 1.807) is 19.1 Å². The molecule has 0 aromatic heterocycles. The van der Waals surface area contributed by atoms with Crippen molar-refractivity contribution in [2.45, 2.75) is 6.92 Å². The van der Waals surface area contributed by atoms with Gasteiger partial charge < -0.3 is 9.47 Å². The Labute approximate surface area is 83.6 Å². The predicted octanol–water partition coefficient (Wildman–Crippen LogP) is 1.88. The third kappa shape index (κ3) is 4.62. The van der Waals surface area contributed by atoms with Gasteiger partial charge in [0.25, 0.3) is 0 Å². The van der Waals surface area contributed by atoms with Crippen LogP contribution in [0.3, 0.4) is 0 Å². The van der Waals surface area contributed by atoms with Gasteiger partial charge in [0, 0.05) is 0 Å². The molecule has 3 heteroatoms. The van der Waals surface area contributed by atoms with Crippen LogP contribution in [0, 0.1) is 0 Å². The Kier molecular flexibility index (Phi) is 4.72. The highest BCUT2D eigenvalue weighted by molar-refractivity contribution is 5.89. The van der Waals surface area contributed by atoms with E-state index in [-0.39, 0.29) is 5.97 Å². The van der Waals surface area contributed by atoms with Crippen LogP contribution < -0.4 is 0 Å². The molecule has 0 unspecified atom stereocenters. The highest BCUT2D eigenvalue weighted by Crippen LogP contribution is 1.99. The molecule has 76 valence electrons. The number of carbonyl (C=O) groups excluding carboxylic acids is 1. The van der Waals surface area contributed by atoms with Gasteiger partial charge in [-0.1, -0.05) is 18.2 Å². The van der Waals surface area contributed by atoms with E-state index in [1.165, 1.54) is 0 Å². The van der Waals surface area contributed by atoms with Crippen LogP contribution in [-0.4, -0.2) is 25.8 Å². The number of epoxide rings is 1. The van der Waals surface area contributed by atoms with E-state index in [9.17, 15) is 4.79 Å². The quantitative estimate of drug-likeness (QED) is 0.533. The number of hydrogen-bond donors (Lipinski definition) is 0. The van der Waals surface area contributed by atoms with Crippen molar-refractivity contribution in [2.75, 3.05) is 19.8 Å². The molecule has 1 saturated heterocycles. The van der Waals surface area contributed by atoms with Crippen molar-refractivity contribution in [3.8, 4) is 0 Å². The van der Waals surface area contributed by atoms with Crippen LogP contribution in [0.2, 0.25) is 0 Å². The molecule has 1 aliphatic heterocycles. The minimum atomic E-state index is -0.256. The van der Waals surface area contributed by atoms with Gasteiger partial charge in [-0.05, 0) is 19.1 Å². The molecular formula is C11H14O3.